The summed E-state index contributed by atoms with van der Waals surface area (Å²) in [4.78, 5) is 11.4. The summed E-state index contributed by atoms with van der Waals surface area (Å²) >= 11 is 0. The van der Waals surface area contributed by atoms with Gasteiger partial charge in [0.1, 0.15) is 5.82 Å². The van der Waals surface area contributed by atoms with Gasteiger partial charge in [-0.05, 0) is 30.9 Å². The molecule has 1 aliphatic heterocycles. The molecule has 0 atom stereocenters. The van der Waals surface area contributed by atoms with Gasteiger partial charge in [0, 0.05) is 24.5 Å². The van der Waals surface area contributed by atoms with Gasteiger partial charge in [-0.3, -0.25) is 0 Å². The fourth-order valence-electron chi connectivity index (χ4n) is 3.82. The first-order valence-corrected chi connectivity index (χ1v) is 10.3. The molecule has 158 valence electrons. The van der Waals surface area contributed by atoms with Crippen LogP contribution in [-0.2, 0) is 11.2 Å². The minimum atomic E-state index is 0.270. The van der Waals surface area contributed by atoms with Crippen molar-refractivity contribution in [2.45, 2.75) is 25.4 Å². The van der Waals surface area contributed by atoms with Gasteiger partial charge in [0.15, 0.2) is 11.5 Å². The second-order valence-electron chi connectivity index (χ2n) is 7.43. The van der Waals surface area contributed by atoms with E-state index in [0.29, 0.717) is 23.3 Å². The molecule has 0 bridgehead atoms. The van der Waals surface area contributed by atoms with Crippen LogP contribution >= 0.6 is 0 Å². The van der Waals surface area contributed by atoms with Crippen LogP contribution in [0.15, 0.2) is 42.5 Å². The zero-order chi connectivity index (χ0) is 20.9. The lowest BCUT2D eigenvalue weighted by molar-refractivity contribution is 0.0389. The first-order valence-electron chi connectivity index (χ1n) is 10.3. The van der Waals surface area contributed by atoms with Gasteiger partial charge in [-0.25, -0.2) is 4.98 Å². The molecule has 1 aromatic heterocycles. The number of hydrogen-bond acceptors (Lipinski definition) is 7. The van der Waals surface area contributed by atoms with E-state index < -0.39 is 0 Å². The maximum absolute atomic E-state index is 6.23. The van der Waals surface area contributed by atoms with Crippen LogP contribution in [0.3, 0.4) is 0 Å². The summed E-state index contributed by atoms with van der Waals surface area (Å²) in [5.41, 5.74) is 8.28. The average molecular weight is 409 g/mol. The Labute approximate surface area is 176 Å². The van der Waals surface area contributed by atoms with Crippen LogP contribution in [0.5, 0.6) is 11.5 Å². The molecule has 2 aromatic carbocycles. The molecule has 1 fully saturated rings. The van der Waals surface area contributed by atoms with Crippen molar-refractivity contribution < 1.29 is 14.2 Å². The predicted octanol–water partition coefficient (Wildman–Crippen LogP) is 3.46. The zero-order valence-corrected chi connectivity index (χ0v) is 17.5. The standard InChI is InChI=1S/C23H28N4O3/c1-28-20-14-18-19(15-21(20)29-2)25-23(26-22(18)24)27-11-8-17(9-12-27)30-13-10-16-6-4-3-5-7-16/h3-7,14-15,17H,8-13H2,1-2H3,(H2,24,25,26). The predicted molar refractivity (Wildman–Crippen MR) is 118 cm³/mol. The van der Waals surface area contributed by atoms with Gasteiger partial charge in [-0.15, -0.1) is 0 Å². The Morgan fingerprint density at radius 1 is 1.00 bits per heavy atom. The summed E-state index contributed by atoms with van der Waals surface area (Å²) in [6, 6.07) is 14.1. The summed E-state index contributed by atoms with van der Waals surface area (Å²) < 4.78 is 16.9. The monoisotopic (exact) mass is 408 g/mol. The van der Waals surface area contributed by atoms with Gasteiger partial charge in [0.25, 0.3) is 0 Å². The minimum absolute atomic E-state index is 0.270. The Kier molecular flexibility index (Phi) is 6.18. The van der Waals surface area contributed by atoms with Crippen LogP contribution in [0.25, 0.3) is 10.9 Å². The summed E-state index contributed by atoms with van der Waals surface area (Å²) in [5.74, 6) is 2.33. The topological polar surface area (TPSA) is 82.7 Å². The number of methoxy groups -OCH3 is 2. The van der Waals surface area contributed by atoms with Crippen molar-refractivity contribution in [1.29, 1.82) is 0 Å². The number of nitrogens with zero attached hydrogens (tertiary/aromatic N) is 3. The Bertz CT molecular complexity index is 989. The third-order valence-corrected chi connectivity index (χ3v) is 5.53. The van der Waals surface area contributed by atoms with Crippen molar-refractivity contribution in [2.24, 2.45) is 0 Å². The molecule has 4 rings (SSSR count). The van der Waals surface area contributed by atoms with E-state index in [1.807, 2.05) is 18.2 Å². The van der Waals surface area contributed by atoms with Crippen LogP contribution in [0.4, 0.5) is 11.8 Å². The van der Waals surface area contributed by atoms with Crippen molar-refractivity contribution >= 4 is 22.7 Å². The van der Waals surface area contributed by atoms with E-state index in [9.17, 15) is 0 Å². The number of rotatable bonds is 7. The number of fused-ring (bicyclic) bond motifs is 1. The van der Waals surface area contributed by atoms with Crippen LogP contribution in [0.1, 0.15) is 18.4 Å². The molecule has 0 amide bonds. The molecular weight excluding hydrogens is 380 g/mol. The van der Waals surface area contributed by atoms with Gasteiger partial charge in [-0.1, -0.05) is 30.3 Å². The van der Waals surface area contributed by atoms with Gasteiger partial charge in [0.2, 0.25) is 5.95 Å². The Balaban J connectivity index is 1.39. The number of nitrogens with two attached hydrogens (primary N) is 1. The Morgan fingerprint density at radius 3 is 2.40 bits per heavy atom. The highest BCUT2D eigenvalue weighted by Crippen LogP contribution is 2.34. The van der Waals surface area contributed by atoms with Crippen molar-refractivity contribution in [2.75, 3.05) is 44.5 Å². The van der Waals surface area contributed by atoms with E-state index in [0.717, 1.165) is 49.9 Å². The maximum Gasteiger partial charge on any atom is 0.227 e. The number of aromatic nitrogens is 2. The number of nitrogen functional groups attached to an aromatic ring is 1. The fourth-order valence-corrected chi connectivity index (χ4v) is 3.82. The van der Waals surface area contributed by atoms with E-state index >= 15 is 0 Å². The highest BCUT2D eigenvalue weighted by atomic mass is 16.5. The maximum atomic E-state index is 6.23. The first-order chi connectivity index (χ1) is 14.7. The molecule has 0 radical (unpaired) electrons. The molecule has 2 N–H and O–H groups in total. The normalized spacial score (nSPS) is 14.8. The second-order valence-corrected chi connectivity index (χ2v) is 7.43. The fraction of sp³-hybridized carbons (Fsp3) is 0.391. The first kappa shape index (κ1) is 20.2. The van der Waals surface area contributed by atoms with Crippen LogP contribution in [-0.4, -0.2) is 50.0 Å². The molecule has 0 unspecified atom stereocenters. The smallest absolute Gasteiger partial charge is 0.227 e. The van der Waals surface area contributed by atoms with E-state index in [2.05, 4.69) is 34.1 Å². The third-order valence-electron chi connectivity index (χ3n) is 5.53. The SMILES string of the molecule is COc1cc2nc(N3CCC(OCCc4ccccc4)CC3)nc(N)c2cc1OC. The quantitative estimate of drug-likeness (QED) is 0.641. The van der Waals surface area contributed by atoms with Crippen LogP contribution < -0.4 is 20.1 Å². The molecule has 1 saturated heterocycles. The highest BCUT2D eigenvalue weighted by molar-refractivity contribution is 5.91. The van der Waals surface area contributed by atoms with E-state index in [1.54, 1.807) is 14.2 Å². The largest absolute Gasteiger partial charge is 0.493 e. The lowest BCUT2D eigenvalue weighted by Crippen LogP contribution is -2.38. The molecule has 30 heavy (non-hydrogen) atoms. The molecule has 7 heteroatoms. The summed E-state index contributed by atoms with van der Waals surface area (Å²) in [6.07, 6.45) is 3.10. The Hall–Kier alpha value is -3.06. The molecule has 0 spiro atoms. The molecule has 3 aromatic rings. The van der Waals surface area contributed by atoms with Crippen molar-refractivity contribution in [1.82, 2.24) is 9.97 Å². The molecule has 0 aliphatic carbocycles. The van der Waals surface area contributed by atoms with Gasteiger partial charge >= 0.3 is 0 Å². The molecule has 2 heterocycles. The third kappa shape index (κ3) is 4.41. The van der Waals surface area contributed by atoms with Gasteiger partial charge in [-0.2, -0.15) is 4.98 Å². The summed E-state index contributed by atoms with van der Waals surface area (Å²) in [5, 5.41) is 0.760. The number of hydrogen-bond donors (Lipinski definition) is 1. The number of piperidine rings is 1. The molecular formula is C23H28N4O3. The lowest BCUT2D eigenvalue weighted by Gasteiger charge is -2.32. The molecule has 7 nitrogen and oxygen atoms in total. The van der Waals surface area contributed by atoms with E-state index in [4.69, 9.17) is 24.9 Å². The second kappa shape index (κ2) is 9.17. The van der Waals surface area contributed by atoms with Crippen molar-refractivity contribution in [3.8, 4) is 11.5 Å². The lowest BCUT2D eigenvalue weighted by atomic mass is 10.1. The summed E-state index contributed by atoms with van der Waals surface area (Å²) in [7, 11) is 3.21. The zero-order valence-electron chi connectivity index (χ0n) is 17.5. The summed E-state index contributed by atoms with van der Waals surface area (Å²) in [6.45, 7) is 2.43. The average Bonchev–Trinajstić information content (AvgIpc) is 2.79. The van der Waals surface area contributed by atoms with Gasteiger partial charge < -0.3 is 24.8 Å². The number of anilines is 2. The van der Waals surface area contributed by atoms with E-state index in [1.165, 1.54) is 5.56 Å². The number of benzene rings is 2. The Morgan fingerprint density at radius 2 is 1.70 bits per heavy atom. The van der Waals surface area contributed by atoms with Crippen molar-refractivity contribution in [3.63, 3.8) is 0 Å². The van der Waals surface area contributed by atoms with E-state index in [-0.39, 0.29) is 6.10 Å². The minimum Gasteiger partial charge on any atom is -0.493 e. The molecule has 1 aliphatic rings. The van der Waals surface area contributed by atoms with Crippen LogP contribution in [0.2, 0.25) is 0 Å². The van der Waals surface area contributed by atoms with Crippen LogP contribution in [0, 0.1) is 0 Å². The molecule has 0 saturated carbocycles. The van der Waals surface area contributed by atoms with Crippen molar-refractivity contribution in [3.05, 3.63) is 48.0 Å². The van der Waals surface area contributed by atoms with Gasteiger partial charge in [0.05, 0.1) is 32.4 Å². The highest BCUT2D eigenvalue weighted by Gasteiger charge is 2.22. The number of ether oxygens (including phenoxy) is 3.